The number of non-ortho nitro benzene ring substituents is 1. The van der Waals surface area contributed by atoms with Gasteiger partial charge in [0, 0.05) is 11.1 Å². The lowest BCUT2D eigenvalue weighted by Gasteiger charge is -2.10. The molecule has 0 aliphatic rings. The van der Waals surface area contributed by atoms with Crippen molar-refractivity contribution in [3.8, 4) is 5.75 Å². The average molecular weight is 399 g/mol. The van der Waals surface area contributed by atoms with Crippen molar-refractivity contribution in [2.45, 2.75) is 0 Å². The minimum Gasteiger partial charge on any atom is -0.494 e. The van der Waals surface area contributed by atoms with Crippen molar-refractivity contribution in [2.24, 2.45) is 0 Å². The molecule has 0 saturated carbocycles. The van der Waals surface area contributed by atoms with Gasteiger partial charge in [-0.1, -0.05) is 23.2 Å². The maximum absolute atomic E-state index is 12.0. The Morgan fingerprint density at radius 3 is 2.58 bits per heavy atom. The number of halogens is 2. The zero-order valence-electron chi connectivity index (χ0n) is 13.3. The molecule has 0 spiro atoms. The van der Waals surface area contributed by atoms with Gasteiger partial charge in [0.25, 0.3) is 11.6 Å². The van der Waals surface area contributed by atoms with Crippen molar-refractivity contribution in [1.82, 2.24) is 0 Å². The summed E-state index contributed by atoms with van der Waals surface area (Å²) < 4.78 is 9.89. The molecule has 0 saturated heterocycles. The van der Waals surface area contributed by atoms with Gasteiger partial charge in [-0.25, -0.2) is 4.79 Å². The summed E-state index contributed by atoms with van der Waals surface area (Å²) in [7, 11) is 1.30. The second-order valence-electron chi connectivity index (χ2n) is 4.89. The molecule has 10 heteroatoms. The van der Waals surface area contributed by atoms with E-state index in [2.05, 4.69) is 5.32 Å². The van der Waals surface area contributed by atoms with Gasteiger partial charge >= 0.3 is 5.97 Å². The van der Waals surface area contributed by atoms with Crippen LogP contribution in [0.2, 0.25) is 10.0 Å². The Balaban J connectivity index is 2.02. The number of nitro groups is 1. The smallest absolute Gasteiger partial charge is 0.340 e. The third kappa shape index (κ3) is 4.84. The van der Waals surface area contributed by atoms with E-state index in [-0.39, 0.29) is 27.7 Å². The minimum absolute atomic E-state index is 0.0277. The topological polar surface area (TPSA) is 108 Å². The van der Waals surface area contributed by atoms with E-state index in [1.165, 1.54) is 37.4 Å². The molecule has 0 bridgehead atoms. The highest BCUT2D eigenvalue weighted by atomic mass is 35.5. The van der Waals surface area contributed by atoms with E-state index in [1.54, 1.807) is 0 Å². The van der Waals surface area contributed by atoms with E-state index in [4.69, 9.17) is 32.7 Å². The lowest BCUT2D eigenvalue weighted by Crippen LogP contribution is -2.21. The maximum Gasteiger partial charge on any atom is 0.340 e. The van der Waals surface area contributed by atoms with E-state index in [1.807, 2.05) is 0 Å². The number of ether oxygens (including phenoxy) is 2. The number of benzene rings is 2. The predicted molar refractivity (Wildman–Crippen MR) is 95.0 cm³/mol. The molecular weight excluding hydrogens is 387 g/mol. The standard InChI is InChI=1S/C16H12Cl2N2O6/c1-25-14-7-10(20(23)24)3-5-13(14)19-15(21)8-26-16(22)11-6-9(17)2-4-12(11)18/h2-7H,8H2,1H3,(H,19,21). The third-order valence-electron chi connectivity index (χ3n) is 3.15. The Morgan fingerprint density at radius 1 is 1.19 bits per heavy atom. The van der Waals surface area contributed by atoms with Crippen molar-refractivity contribution < 1.29 is 24.0 Å². The predicted octanol–water partition coefficient (Wildman–Crippen LogP) is 3.71. The Hall–Kier alpha value is -2.84. The maximum atomic E-state index is 12.0. The molecule has 8 nitrogen and oxygen atoms in total. The van der Waals surface area contributed by atoms with E-state index < -0.39 is 23.4 Å². The largest absolute Gasteiger partial charge is 0.494 e. The first-order valence-corrected chi connectivity index (χ1v) is 7.82. The highest BCUT2D eigenvalue weighted by Gasteiger charge is 2.16. The second kappa shape index (κ2) is 8.50. The number of nitrogens with zero attached hydrogens (tertiary/aromatic N) is 1. The Morgan fingerprint density at radius 2 is 1.92 bits per heavy atom. The third-order valence-corrected chi connectivity index (χ3v) is 3.72. The first-order chi connectivity index (χ1) is 12.3. The number of esters is 1. The molecule has 1 N–H and O–H groups in total. The molecule has 2 aromatic rings. The van der Waals surface area contributed by atoms with Gasteiger partial charge in [-0.05, 0) is 24.3 Å². The van der Waals surface area contributed by atoms with Crippen LogP contribution in [0.3, 0.4) is 0 Å². The number of amides is 1. The molecule has 2 aromatic carbocycles. The van der Waals surface area contributed by atoms with Gasteiger partial charge in [0.1, 0.15) is 5.75 Å². The fourth-order valence-corrected chi connectivity index (χ4v) is 2.31. The van der Waals surface area contributed by atoms with Crippen LogP contribution in [0.5, 0.6) is 5.75 Å². The summed E-state index contributed by atoms with van der Waals surface area (Å²) in [4.78, 5) is 34.1. The Labute approximate surface area is 157 Å². The van der Waals surface area contributed by atoms with E-state index in [0.29, 0.717) is 5.02 Å². The second-order valence-corrected chi connectivity index (χ2v) is 5.73. The van der Waals surface area contributed by atoms with Crippen molar-refractivity contribution in [1.29, 1.82) is 0 Å². The summed E-state index contributed by atoms with van der Waals surface area (Å²) in [5, 5.41) is 13.6. The quantitative estimate of drug-likeness (QED) is 0.451. The fourth-order valence-electron chi connectivity index (χ4n) is 1.95. The molecule has 0 atom stereocenters. The lowest BCUT2D eigenvalue weighted by atomic mass is 10.2. The molecule has 0 radical (unpaired) electrons. The molecule has 1 amide bonds. The highest BCUT2D eigenvalue weighted by molar-refractivity contribution is 6.35. The summed E-state index contributed by atoms with van der Waals surface area (Å²) in [6.07, 6.45) is 0. The summed E-state index contributed by atoms with van der Waals surface area (Å²) in [6, 6.07) is 7.94. The molecule has 26 heavy (non-hydrogen) atoms. The van der Waals surface area contributed by atoms with Crippen molar-refractivity contribution in [3.05, 3.63) is 62.1 Å². The highest BCUT2D eigenvalue weighted by Crippen LogP contribution is 2.29. The number of carbonyl (C=O) groups is 2. The van der Waals surface area contributed by atoms with E-state index in [9.17, 15) is 19.7 Å². The van der Waals surface area contributed by atoms with Gasteiger partial charge in [-0.3, -0.25) is 14.9 Å². The summed E-state index contributed by atoms with van der Waals surface area (Å²) >= 11 is 11.7. The number of nitrogens with one attached hydrogen (secondary N) is 1. The van der Waals surface area contributed by atoms with Crippen LogP contribution in [-0.2, 0) is 9.53 Å². The van der Waals surface area contributed by atoms with Gasteiger partial charge in [-0.15, -0.1) is 0 Å². The zero-order valence-corrected chi connectivity index (χ0v) is 14.8. The van der Waals surface area contributed by atoms with Crippen LogP contribution in [0.25, 0.3) is 0 Å². The van der Waals surface area contributed by atoms with Crippen LogP contribution in [0.1, 0.15) is 10.4 Å². The van der Waals surface area contributed by atoms with Gasteiger partial charge in [0.2, 0.25) is 0 Å². The summed E-state index contributed by atoms with van der Waals surface area (Å²) in [5.74, 6) is -1.39. The van der Waals surface area contributed by atoms with Crippen molar-refractivity contribution in [2.75, 3.05) is 19.0 Å². The number of nitro benzene ring substituents is 1. The van der Waals surface area contributed by atoms with Crippen LogP contribution < -0.4 is 10.1 Å². The van der Waals surface area contributed by atoms with Gasteiger partial charge in [-0.2, -0.15) is 0 Å². The Kier molecular flexibility index (Phi) is 6.37. The zero-order chi connectivity index (χ0) is 19.3. The molecule has 0 aromatic heterocycles. The molecule has 0 unspecified atom stereocenters. The number of hydrogen-bond acceptors (Lipinski definition) is 6. The number of hydrogen-bond donors (Lipinski definition) is 1. The van der Waals surface area contributed by atoms with E-state index >= 15 is 0 Å². The first kappa shape index (κ1) is 19.5. The van der Waals surface area contributed by atoms with E-state index in [0.717, 1.165) is 6.07 Å². The number of anilines is 1. The van der Waals surface area contributed by atoms with Gasteiger partial charge in [0.15, 0.2) is 6.61 Å². The Bertz CT molecular complexity index is 872. The normalized spacial score (nSPS) is 10.1. The number of rotatable bonds is 6. The summed E-state index contributed by atoms with van der Waals surface area (Å²) in [6.45, 7) is -0.595. The van der Waals surface area contributed by atoms with Crippen LogP contribution in [-0.4, -0.2) is 30.5 Å². The van der Waals surface area contributed by atoms with Gasteiger partial charge < -0.3 is 14.8 Å². The first-order valence-electron chi connectivity index (χ1n) is 7.06. The van der Waals surface area contributed by atoms with Gasteiger partial charge in [0.05, 0.1) is 34.4 Å². The number of carbonyl (C=O) groups excluding carboxylic acids is 2. The average Bonchev–Trinajstić information content (AvgIpc) is 2.61. The van der Waals surface area contributed by atoms with Crippen LogP contribution in [0, 0.1) is 10.1 Å². The van der Waals surface area contributed by atoms with Crippen LogP contribution in [0.15, 0.2) is 36.4 Å². The number of methoxy groups -OCH3 is 1. The molecule has 136 valence electrons. The lowest BCUT2D eigenvalue weighted by molar-refractivity contribution is -0.384. The molecule has 0 fully saturated rings. The minimum atomic E-state index is -0.816. The molecule has 0 aliphatic heterocycles. The molecule has 0 heterocycles. The SMILES string of the molecule is COc1cc([N+](=O)[O-])ccc1NC(=O)COC(=O)c1cc(Cl)ccc1Cl. The van der Waals surface area contributed by atoms with Crippen molar-refractivity contribution in [3.63, 3.8) is 0 Å². The fraction of sp³-hybridized carbons (Fsp3) is 0.125. The van der Waals surface area contributed by atoms with Crippen LogP contribution >= 0.6 is 23.2 Å². The van der Waals surface area contributed by atoms with Crippen molar-refractivity contribution >= 4 is 46.5 Å². The molecule has 2 rings (SSSR count). The van der Waals surface area contributed by atoms with Crippen LogP contribution in [0.4, 0.5) is 11.4 Å². The molecule has 0 aliphatic carbocycles. The summed E-state index contributed by atoms with van der Waals surface area (Å²) in [5.41, 5.74) is 0.0293. The monoisotopic (exact) mass is 398 g/mol. The molecular formula is C16H12Cl2N2O6.